The van der Waals surface area contributed by atoms with Crippen LogP contribution in [0.3, 0.4) is 0 Å². The number of carbonyl (C=O) groups is 1. The molecule has 0 saturated heterocycles. The number of carbonyl (C=O) groups excluding carboxylic acids is 1. The Morgan fingerprint density at radius 1 is 1.06 bits per heavy atom. The van der Waals surface area contributed by atoms with Gasteiger partial charge in [0.05, 0.1) is 11.3 Å². The molecule has 0 aliphatic rings. The lowest BCUT2D eigenvalue weighted by Crippen LogP contribution is -2.29. The molecule has 0 spiro atoms. The summed E-state index contributed by atoms with van der Waals surface area (Å²) in [7, 11) is -4.64. The van der Waals surface area contributed by atoms with Gasteiger partial charge in [-0.25, -0.2) is 17.2 Å². The fourth-order valence-corrected chi connectivity index (χ4v) is 4.68. The Kier molecular flexibility index (Phi) is 7.53. The van der Waals surface area contributed by atoms with Gasteiger partial charge < -0.3 is 5.32 Å². The number of nitrogens with one attached hydrogen (secondary N) is 2. The van der Waals surface area contributed by atoms with Gasteiger partial charge in [-0.05, 0) is 53.9 Å². The highest BCUT2D eigenvalue weighted by Gasteiger charge is 2.26. The molecule has 3 rings (SSSR count). The maximum Gasteiger partial charge on any atom is 0.267 e. The summed E-state index contributed by atoms with van der Waals surface area (Å²) >= 11 is 9.11. The van der Waals surface area contributed by atoms with E-state index >= 15 is 0 Å². The summed E-state index contributed by atoms with van der Waals surface area (Å²) in [4.78, 5) is 11.7. The molecule has 1 atom stereocenters. The third-order valence-electron chi connectivity index (χ3n) is 4.67. The molecule has 32 heavy (non-hydrogen) atoms. The van der Waals surface area contributed by atoms with E-state index in [1.807, 2.05) is 19.1 Å². The van der Waals surface area contributed by atoms with E-state index in [1.54, 1.807) is 18.2 Å². The second-order valence-electron chi connectivity index (χ2n) is 7.01. The van der Waals surface area contributed by atoms with Gasteiger partial charge in [-0.1, -0.05) is 52.7 Å². The first-order valence-electron chi connectivity index (χ1n) is 9.38. The van der Waals surface area contributed by atoms with Crippen molar-refractivity contribution < 1.29 is 22.0 Å². The van der Waals surface area contributed by atoms with Gasteiger partial charge in [0.15, 0.2) is 4.90 Å². The third-order valence-corrected chi connectivity index (χ3v) is 6.83. The van der Waals surface area contributed by atoms with Gasteiger partial charge >= 0.3 is 0 Å². The fraction of sp³-hybridized carbons (Fsp3) is 0.136. The predicted molar refractivity (Wildman–Crippen MR) is 124 cm³/mol. The monoisotopic (exact) mass is 542 g/mol. The Morgan fingerprint density at radius 2 is 1.69 bits per heavy atom. The van der Waals surface area contributed by atoms with Crippen molar-refractivity contribution >= 4 is 49.1 Å². The van der Waals surface area contributed by atoms with Crippen LogP contribution < -0.4 is 10.0 Å². The molecule has 1 unspecified atom stereocenters. The fourth-order valence-electron chi connectivity index (χ4n) is 2.98. The number of rotatable bonds is 7. The highest BCUT2D eigenvalue weighted by molar-refractivity contribution is 9.10. The molecule has 0 aromatic heterocycles. The second kappa shape index (κ2) is 9.97. The highest BCUT2D eigenvalue weighted by atomic mass is 79.9. The molecule has 2 N–H and O–H groups in total. The Morgan fingerprint density at radius 3 is 2.31 bits per heavy atom. The van der Waals surface area contributed by atoms with E-state index in [9.17, 15) is 22.0 Å². The van der Waals surface area contributed by atoms with Crippen LogP contribution in [0.5, 0.6) is 0 Å². The first-order chi connectivity index (χ1) is 15.1. The molecule has 0 fully saturated rings. The number of halogens is 4. The standard InChI is InChI=1S/C22H18BrClF2N2O3S/c1-13(14-5-8-16(24)9-6-14)12-27-22(29)17-10-7-15(23)11-20(17)28-32(30,31)21-18(25)3-2-4-19(21)26/h2-11,13,28H,12H2,1H3,(H,27,29). The quantitative estimate of drug-likeness (QED) is 0.401. The zero-order valence-corrected chi connectivity index (χ0v) is 19.9. The highest BCUT2D eigenvalue weighted by Crippen LogP contribution is 2.27. The number of hydrogen-bond acceptors (Lipinski definition) is 3. The van der Waals surface area contributed by atoms with E-state index in [1.165, 1.54) is 12.1 Å². The van der Waals surface area contributed by atoms with Crippen molar-refractivity contribution in [3.63, 3.8) is 0 Å². The Labute approximate surface area is 198 Å². The molecule has 168 valence electrons. The summed E-state index contributed by atoms with van der Waals surface area (Å²) in [6.07, 6.45) is 0. The minimum absolute atomic E-state index is 0.00294. The van der Waals surface area contributed by atoms with Crippen LogP contribution in [-0.2, 0) is 10.0 Å². The molecule has 5 nitrogen and oxygen atoms in total. The molecule has 0 saturated carbocycles. The molecule has 0 aliphatic heterocycles. The van der Waals surface area contributed by atoms with Crippen molar-refractivity contribution in [2.24, 2.45) is 0 Å². The van der Waals surface area contributed by atoms with E-state index in [-0.39, 0.29) is 23.7 Å². The summed E-state index contributed by atoms with van der Waals surface area (Å²) < 4.78 is 56.0. The molecule has 0 heterocycles. The van der Waals surface area contributed by atoms with Gasteiger partial charge in [0.2, 0.25) is 0 Å². The van der Waals surface area contributed by atoms with Crippen molar-refractivity contribution in [1.82, 2.24) is 5.32 Å². The van der Waals surface area contributed by atoms with Crippen LogP contribution in [0.1, 0.15) is 28.8 Å². The molecule has 0 aliphatic carbocycles. The summed E-state index contributed by atoms with van der Waals surface area (Å²) in [6.45, 7) is 2.18. The average Bonchev–Trinajstić information content (AvgIpc) is 2.71. The lowest BCUT2D eigenvalue weighted by molar-refractivity contribution is 0.0952. The maximum atomic E-state index is 14.0. The SMILES string of the molecule is CC(CNC(=O)c1ccc(Br)cc1NS(=O)(=O)c1c(F)cccc1F)c1ccc(Cl)cc1. The summed E-state index contributed by atoms with van der Waals surface area (Å²) in [5.74, 6) is -3.07. The normalized spacial score (nSPS) is 12.3. The minimum Gasteiger partial charge on any atom is -0.351 e. The van der Waals surface area contributed by atoms with Crippen LogP contribution in [0.25, 0.3) is 0 Å². The largest absolute Gasteiger partial charge is 0.351 e. The van der Waals surface area contributed by atoms with E-state index in [0.29, 0.717) is 9.50 Å². The zero-order chi connectivity index (χ0) is 23.5. The molecule has 10 heteroatoms. The first kappa shape index (κ1) is 24.2. The first-order valence-corrected chi connectivity index (χ1v) is 12.0. The zero-order valence-electron chi connectivity index (χ0n) is 16.7. The maximum absolute atomic E-state index is 14.0. The second-order valence-corrected chi connectivity index (χ2v) is 9.98. The molecule has 0 radical (unpaired) electrons. The van der Waals surface area contributed by atoms with E-state index in [4.69, 9.17) is 11.6 Å². The number of hydrogen-bond donors (Lipinski definition) is 2. The van der Waals surface area contributed by atoms with E-state index in [2.05, 4.69) is 26.0 Å². The molecule has 0 bridgehead atoms. The van der Waals surface area contributed by atoms with Crippen molar-refractivity contribution in [3.8, 4) is 0 Å². The summed E-state index contributed by atoms with van der Waals surface area (Å²) in [5, 5.41) is 3.35. The van der Waals surface area contributed by atoms with Crippen LogP contribution in [0.2, 0.25) is 5.02 Å². The minimum atomic E-state index is -4.64. The molecular weight excluding hydrogens is 526 g/mol. The van der Waals surface area contributed by atoms with Crippen LogP contribution in [0.4, 0.5) is 14.5 Å². The van der Waals surface area contributed by atoms with Crippen LogP contribution in [0, 0.1) is 11.6 Å². The number of benzene rings is 3. The van der Waals surface area contributed by atoms with Crippen LogP contribution >= 0.6 is 27.5 Å². The van der Waals surface area contributed by atoms with Crippen molar-refractivity contribution in [2.75, 3.05) is 11.3 Å². The van der Waals surface area contributed by atoms with Crippen molar-refractivity contribution in [1.29, 1.82) is 0 Å². The number of sulfonamides is 1. The molecule has 1 amide bonds. The van der Waals surface area contributed by atoms with Crippen molar-refractivity contribution in [3.05, 3.63) is 92.9 Å². The Balaban J connectivity index is 1.83. The Hall–Kier alpha value is -2.49. The van der Waals surface area contributed by atoms with E-state index < -0.39 is 32.5 Å². The van der Waals surface area contributed by atoms with Crippen LogP contribution in [-0.4, -0.2) is 20.9 Å². The van der Waals surface area contributed by atoms with Gasteiger partial charge in [0.1, 0.15) is 11.6 Å². The molecule has 3 aromatic rings. The van der Waals surface area contributed by atoms with Crippen molar-refractivity contribution in [2.45, 2.75) is 17.7 Å². The lowest BCUT2D eigenvalue weighted by Gasteiger charge is -2.16. The van der Waals surface area contributed by atoms with Gasteiger partial charge in [0.25, 0.3) is 15.9 Å². The lowest BCUT2D eigenvalue weighted by atomic mass is 10.0. The molecular formula is C22H18BrClF2N2O3S. The van der Waals surface area contributed by atoms with Gasteiger partial charge in [0, 0.05) is 16.0 Å². The molecule has 3 aromatic carbocycles. The number of anilines is 1. The summed E-state index contributed by atoms with van der Waals surface area (Å²) in [6, 6.07) is 14.2. The smallest absolute Gasteiger partial charge is 0.267 e. The van der Waals surface area contributed by atoms with E-state index in [0.717, 1.165) is 23.8 Å². The van der Waals surface area contributed by atoms with Crippen LogP contribution in [0.15, 0.2) is 70.0 Å². The average molecular weight is 544 g/mol. The predicted octanol–water partition coefficient (Wildman–Crippen LogP) is 5.72. The number of amides is 1. The van der Waals surface area contributed by atoms with Gasteiger partial charge in [-0.2, -0.15) is 0 Å². The third kappa shape index (κ3) is 5.65. The van der Waals surface area contributed by atoms with Gasteiger partial charge in [-0.15, -0.1) is 0 Å². The summed E-state index contributed by atoms with van der Waals surface area (Å²) in [5.41, 5.74) is 0.831. The topological polar surface area (TPSA) is 75.3 Å². The van der Waals surface area contributed by atoms with Gasteiger partial charge in [-0.3, -0.25) is 9.52 Å². The Bertz CT molecular complexity index is 1230.